The monoisotopic (exact) mass is 238 g/mol. The third-order valence-electron chi connectivity index (χ3n) is 2.41. The maximum atomic E-state index is 5.74. The molecule has 0 aliphatic rings. The Balaban J connectivity index is 2.83. The Kier molecular flexibility index (Phi) is 4.69. The number of nitrogens with zero attached hydrogens (tertiary/aromatic N) is 2. The largest absolute Gasteiger partial charge is 0.384 e. The highest BCUT2D eigenvalue weighted by Crippen LogP contribution is 2.19. The van der Waals surface area contributed by atoms with Gasteiger partial charge in [0.2, 0.25) is 0 Å². The van der Waals surface area contributed by atoms with Gasteiger partial charge >= 0.3 is 0 Å². The predicted octanol–water partition coefficient (Wildman–Crippen LogP) is 2.20. The van der Waals surface area contributed by atoms with E-state index >= 15 is 0 Å². The molecular weight excluding hydrogens is 216 g/mol. The molecule has 3 N–H and O–H groups in total. The van der Waals surface area contributed by atoms with Crippen molar-refractivity contribution in [2.75, 3.05) is 18.2 Å². The molecule has 0 atom stereocenters. The maximum Gasteiger partial charge on any atom is 0.158 e. The molecular formula is C12H22N4O. The second kappa shape index (κ2) is 5.82. The third kappa shape index (κ3) is 4.56. The van der Waals surface area contributed by atoms with Gasteiger partial charge in [-0.25, -0.2) is 9.97 Å². The van der Waals surface area contributed by atoms with Crippen LogP contribution in [-0.2, 0) is 11.3 Å². The molecule has 0 fully saturated rings. The van der Waals surface area contributed by atoms with Crippen LogP contribution in [0.2, 0.25) is 0 Å². The summed E-state index contributed by atoms with van der Waals surface area (Å²) < 4.78 is 5.01. The zero-order valence-corrected chi connectivity index (χ0v) is 11.1. The number of hydrogen-bond donors (Lipinski definition) is 2. The highest BCUT2D eigenvalue weighted by molar-refractivity contribution is 5.46. The standard InChI is InChI=1S/C12H22N4O/c1-5-6-12(2,3)16-10-7-9(13)14-11(15-10)8-17-4/h7H,5-6,8H2,1-4H3,(H3,13,14,15,16). The van der Waals surface area contributed by atoms with Crippen LogP contribution in [0.15, 0.2) is 6.07 Å². The molecule has 1 aromatic heterocycles. The molecule has 0 aromatic carbocycles. The quantitative estimate of drug-likeness (QED) is 0.794. The van der Waals surface area contributed by atoms with Crippen LogP contribution >= 0.6 is 0 Å². The van der Waals surface area contributed by atoms with Crippen LogP contribution in [0.1, 0.15) is 39.4 Å². The van der Waals surface area contributed by atoms with E-state index in [2.05, 4.69) is 36.1 Å². The lowest BCUT2D eigenvalue weighted by atomic mass is 9.99. The fourth-order valence-corrected chi connectivity index (χ4v) is 1.81. The Labute approximate surface area is 103 Å². The van der Waals surface area contributed by atoms with Crippen molar-refractivity contribution in [3.05, 3.63) is 11.9 Å². The van der Waals surface area contributed by atoms with Crippen molar-refractivity contribution in [3.63, 3.8) is 0 Å². The smallest absolute Gasteiger partial charge is 0.158 e. The number of rotatable bonds is 6. The molecule has 0 aliphatic heterocycles. The van der Waals surface area contributed by atoms with Crippen molar-refractivity contribution in [2.45, 2.75) is 45.8 Å². The highest BCUT2D eigenvalue weighted by Gasteiger charge is 2.17. The average Bonchev–Trinajstić information content (AvgIpc) is 2.15. The lowest BCUT2D eigenvalue weighted by molar-refractivity contribution is 0.178. The fraction of sp³-hybridized carbons (Fsp3) is 0.667. The van der Waals surface area contributed by atoms with Crippen LogP contribution in [0.3, 0.4) is 0 Å². The minimum atomic E-state index is -0.000114. The summed E-state index contributed by atoms with van der Waals surface area (Å²) in [6.07, 6.45) is 2.18. The van der Waals surface area contributed by atoms with Crippen LogP contribution in [-0.4, -0.2) is 22.6 Å². The van der Waals surface area contributed by atoms with E-state index in [1.807, 2.05) is 0 Å². The Bertz CT molecular complexity index is 366. The van der Waals surface area contributed by atoms with Gasteiger partial charge in [0, 0.05) is 18.7 Å². The van der Waals surface area contributed by atoms with Gasteiger partial charge in [0.15, 0.2) is 5.82 Å². The van der Waals surface area contributed by atoms with Crippen molar-refractivity contribution in [1.29, 1.82) is 0 Å². The second-order valence-electron chi connectivity index (χ2n) is 4.79. The van der Waals surface area contributed by atoms with E-state index in [1.165, 1.54) is 0 Å². The number of nitrogens with two attached hydrogens (primary N) is 1. The SMILES string of the molecule is CCCC(C)(C)Nc1cc(N)nc(COC)n1. The summed E-state index contributed by atoms with van der Waals surface area (Å²) in [7, 11) is 1.61. The zero-order chi connectivity index (χ0) is 12.9. The summed E-state index contributed by atoms with van der Waals surface area (Å²) in [4.78, 5) is 8.46. The van der Waals surface area contributed by atoms with Crippen LogP contribution in [0.4, 0.5) is 11.6 Å². The van der Waals surface area contributed by atoms with Crippen LogP contribution < -0.4 is 11.1 Å². The fourth-order valence-electron chi connectivity index (χ4n) is 1.81. The molecule has 1 heterocycles. The van der Waals surface area contributed by atoms with E-state index in [0.29, 0.717) is 18.2 Å². The maximum absolute atomic E-state index is 5.74. The molecule has 0 amide bonds. The number of methoxy groups -OCH3 is 1. The van der Waals surface area contributed by atoms with Gasteiger partial charge in [-0.1, -0.05) is 13.3 Å². The van der Waals surface area contributed by atoms with E-state index in [0.717, 1.165) is 18.7 Å². The summed E-state index contributed by atoms with van der Waals surface area (Å²) in [5.41, 5.74) is 5.74. The van der Waals surface area contributed by atoms with Crippen molar-refractivity contribution >= 4 is 11.6 Å². The number of ether oxygens (including phenoxy) is 1. The molecule has 96 valence electrons. The molecule has 1 rings (SSSR count). The van der Waals surface area contributed by atoms with Gasteiger partial charge in [-0.15, -0.1) is 0 Å². The normalized spacial score (nSPS) is 11.5. The van der Waals surface area contributed by atoms with E-state index in [9.17, 15) is 0 Å². The predicted molar refractivity (Wildman–Crippen MR) is 69.8 cm³/mol. The Morgan fingerprint density at radius 2 is 2.12 bits per heavy atom. The van der Waals surface area contributed by atoms with Crippen LogP contribution in [0.25, 0.3) is 0 Å². The van der Waals surface area contributed by atoms with E-state index in [-0.39, 0.29) is 5.54 Å². The molecule has 0 saturated heterocycles. The lowest BCUT2D eigenvalue weighted by Crippen LogP contribution is -2.31. The Morgan fingerprint density at radius 1 is 1.41 bits per heavy atom. The molecule has 0 unspecified atom stereocenters. The lowest BCUT2D eigenvalue weighted by Gasteiger charge is -2.26. The molecule has 17 heavy (non-hydrogen) atoms. The van der Waals surface area contributed by atoms with E-state index in [1.54, 1.807) is 13.2 Å². The van der Waals surface area contributed by atoms with Gasteiger partial charge in [0.25, 0.3) is 0 Å². The van der Waals surface area contributed by atoms with Crippen molar-refractivity contribution < 1.29 is 4.74 Å². The molecule has 0 saturated carbocycles. The number of aromatic nitrogens is 2. The molecule has 5 nitrogen and oxygen atoms in total. The minimum absolute atomic E-state index is 0.000114. The van der Waals surface area contributed by atoms with Gasteiger partial charge in [-0.05, 0) is 20.3 Å². The number of anilines is 2. The van der Waals surface area contributed by atoms with Crippen molar-refractivity contribution in [2.24, 2.45) is 0 Å². The summed E-state index contributed by atoms with van der Waals surface area (Å²) in [6, 6.07) is 1.75. The van der Waals surface area contributed by atoms with Crippen LogP contribution in [0, 0.1) is 0 Å². The first-order valence-electron chi connectivity index (χ1n) is 5.87. The van der Waals surface area contributed by atoms with Gasteiger partial charge < -0.3 is 15.8 Å². The summed E-state index contributed by atoms with van der Waals surface area (Å²) in [6.45, 7) is 6.82. The number of nitrogens with one attached hydrogen (secondary N) is 1. The van der Waals surface area contributed by atoms with E-state index in [4.69, 9.17) is 10.5 Å². The minimum Gasteiger partial charge on any atom is -0.384 e. The molecule has 5 heteroatoms. The Morgan fingerprint density at radius 3 is 2.71 bits per heavy atom. The van der Waals surface area contributed by atoms with Gasteiger partial charge in [-0.3, -0.25) is 0 Å². The van der Waals surface area contributed by atoms with Gasteiger partial charge in [0.1, 0.15) is 18.2 Å². The first-order valence-corrected chi connectivity index (χ1v) is 5.87. The molecule has 0 spiro atoms. The second-order valence-corrected chi connectivity index (χ2v) is 4.79. The summed E-state index contributed by atoms with van der Waals surface area (Å²) in [5.74, 6) is 1.81. The first-order chi connectivity index (χ1) is 7.96. The number of hydrogen-bond acceptors (Lipinski definition) is 5. The average molecular weight is 238 g/mol. The molecule has 0 aliphatic carbocycles. The van der Waals surface area contributed by atoms with Gasteiger partial charge in [-0.2, -0.15) is 0 Å². The summed E-state index contributed by atoms with van der Waals surface area (Å²) >= 11 is 0. The summed E-state index contributed by atoms with van der Waals surface area (Å²) in [5, 5.41) is 3.37. The Hall–Kier alpha value is -1.36. The molecule has 0 bridgehead atoms. The van der Waals surface area contributed by atoms with Crippen molar-refractivity contribution in [3.8, 4) is 0 Å². The zero-order valence-electron chi connectivity index (χ0n) is 11.1. The number of nitrogen functional groups attached to an aromatic ring is 1. The van der Waals surface area contributed by atoms with Gasteiger partial charge in [0.05, 0.1) is 0 Å². The topological polar surface area (TPSA) is 73.1 Å². The van der Waals surface area contributed by atoms with Crippen LogP contribution in [0.5, 0.6) is 0 Å². The first kappa shape index (κ1) is 13.7. The highest BCUT2D eigenvalue weighted by atomic mass is 16.5. The van der Waals surface area contributed by atoms with Crippen molar-refractivity contribution in [1.82, 2.24) is 9.97 Å². The third-order valence-corrected chi connectivity index (χ3v) is 2.41. The van der Waals surface area contributed by atoms with E-state index < -0.39 is 0 Å². The molecule has 1 aromatic rings. The molecule has 0 radical (unpaired) electrons.